The highest BCUT2D eigenvalue weighted by atomic mass is 16.5. The van der Waals surface area contributed by atoms with Crippen molar-refractivity contribution in [2.45, 2.75) is 13.0 Å². The zero-order valence-corrected chi connectivity index (χ0v) is 14.1. The number of pyridine rings is 1. The fourth-order valence-electron chi connectivity index (χ4n) is 2.93. The first kappa shape index (κ1) is 16.3. The number of nitrogens with one attached hydrogen (secondary N) is 1. The Bertz CT molecular complexity index is 761. The third-order valence-corrected chi connectivity index (χ3v) is 4.23. The second-order valence-electron chi connectivity index (χ2n) is 5.83. The smallest absolute Gasteiger partial charge is 0.257 e. The molecule has 1 amide bonds. The molecule has 0 unspecified atom stereocenters. The van der Waals surface area contributed by atoms with Crippen LogP contribution >= 0.6 is 0 Å². The molecule has 2 aromatic rings. The van der Waals surface area contributed by atoms with Crippen LogP contribution in [0.25, 0.3) is 0 Å². The van der Waals surface area contributed by atoms with E-state index in [-0.39, 0.29) is 5.91 Å². The number of ether oxygens (including phenoxy) is 2. The van der Waals surface area contributed by atoms with Gasteiger partial charge in [-0.25, -0.2) is 0 Å². The number of nitrogens with zero attached hydrogens (tertiary/aromatic N) is 2. The van der Waals surface area contributed by atoms with Gasteiger partial charge in [0.05, 0.1) is 25.5 Å². The molecular weight excluding hydrogens is 306 g/mol. The maximum atomic E-state index is 12.8. The molecule has 3 rings (SSSR count). The number of carbonyl (C=O) groups is 1. The van der Waals surface area contributed by atoms with E-state index in [0.717, 1.165) is 30.6 Å². The molecule has 24 heavy (non-hydrogen) atoms. The van der Waals surface area contributed by atoms with E-state index in [4.69, 9.17) is 9.47 Å². The Morgan fingerprint density at radius 3 is 2.83 bits per heavy atom. The lowest BCUT2D eigenvalue weighted by Gasteiger charge is -2.26. The summed E-state index contributed by atoms with van der Waals surface area (Å²) in [4.78, 5) is 19.2. The van der Waals surface area contributed by atoms with E-state index in [2.05, 4.69) is 22.2 Å². The number of aromatic nitrogens is 1. The van der Waals surface area contributed by atoms with Crippen molar-refractivity contribution in [3.8, 4) is 11.5 Å². The molecule has 1 aliphatic rings. The van der Waals surface area contributed by atoms with Gasteiger partial charge in [-0.2, -0.15) is 0 Å². The monoisotopic (exact) mass is 327 g/mol. The maximum absolute atomic E-state index is 12.8. The number of hydrogen-bond acceptors (Lipinski definition) is 5. The van der Waals surface area contributed by atoms with Crippen molar-refractivity contribution in [3.63, 3.8) is 0 Å². The molecule has 0 bridgehead atoms. The molecule has 1 aromatic carbocycles. The Labute approximate surface area is 141 Å². The summed E-state index contributed by atoms with van der Waals surface area (Å²) in [7, 11) is 5.22. The number of benzene rings is 1. The van der Waals surface area contributed by atoms with Gasteiger partial charge in [0.2, 0.25) is 0 Å². The first-order valence-corrected chi connectivity index (χ1v) is 7.80. The number of anilines is 1. The Kier molecular flexibility index (Phi) is 4.66. The first-order chi connectivity index (χ1) is 11.6. The SMILES string of the molecule is COc1ccc(OC)c(NC(=O)c2cncc3c2CCN(C)C3)c1. The zero-order chi connectivity index (χ0) is 17.1. The molecule has 6 nitrogen and oxygen atoms in total. The lowest BCUT2D eigenvalue weighted by atomic mass is 9.97. The molecule has 6 heteroatoms. The van der Waals surface area contributed by atoms with Crippen LogP contribution in [0.5, 0.6) is 11.5 Å². The van der Waals surface area contributed by atoms with Crippen molar-refractivity contribution in [3.05, 3.63) is 47.3 Å². The fourth-order valence-corrected chi connectivity index (χ4v) is 2.93. The average Bonchev–Trinajstić information content (AvgIpc) is 2.60. The average molecular weight is 327 g/mol. The van der Waals surface area contributed by atoms with Crippen molar-refractivity contribution >= 4 is 11.6 Å². The zero-order valence-electron chi connectivity index (χ0n) is 14.1. The summed E-state index contributed by atoms with van der Waals surface area (Å²) < 4.78 is 10.5. The number of amides is 1. The number of likely N-dealkylation sites (N-methyl/N-ethyl adjacent to an activating group) is 1. The van der Waals surface area contributed by atoms with Gasteiger partial charge in [0.15, 0.2) is 0 Å². The first-order valence-electron chi connectivity index (χ1n) is 7.80. The van der Waals surface area contributed by atoms with E-state index in [9.17, 15) is 4.79 Å². The van der Waals surface area contributed by atoms with Crippen LogP contribution in [0.3, 0.4) is 0 Å². The topological polar surface area (TPSA) is 63.7 Å². The van der Waals surface area contributed by atoms with Crippen LogP contribution in [0.15, 0.2) is 30.6 Å². The summed E-state index contributed by atoms with van der Waals surface area (Å²) in [6, 6.07) is 5.30. The van der Waals surface area contributed by atoms with Gasteiger partial charge in [-0.05, 0) is 36.7 Å². The van der Waals surface area contributed by atoms with Crippen LogP contribution in [0.4, 0.5) is 5.69 Å². The van der Waals surface area contributed by atoms with Crippen molar-refractivity contribution < 1.29 is 14.3 Å². The summed E-state index contributed by atoms with van der Waals surface area (Å²) in [5.74, 6) is 1.05. The molecule has 0 aliphatic carbocycles. The summed E-state index contributed by atoms with van der Waals surface area (Å²) >= 11 is 0. The van der Waals surface area contributed by atoms with E-state index >= 15 is 0 Å². The second kappa shape index (κ2) is 6.88. The highest BCUT2D eigenvalue weighted by Crippen LogP contribution is 2.30. The number of hydrogen-bond donors (Lipinski definition) is 1. The van der Waals surface area contributed by atoms with Gasteiger partial charge >= 0.3 is 0 Å². The Morgan fingerprint density at radius 1 is 1.25 bits per heavy atom. The molecule has 0 atom stereocenters. The maximum Gasteiger partial charge on any atom is 0.257 e. The number of rotatable bonds is 4. The number of fused-ring (bicyclic) bond motifs is 1. The molecule has 1 aromatic heterocycles. The lowest BCUT2D eigenvalue weighted by Crippen LogP contribution is -2.29. The molecule has 0 fully saturated rings. The predicted octanol–water partition coefficient (Wildman–Crippen LogP) is 2.34. The van der Waals surface area contributed by atoms with Gasteiger partial charge in [0.25, 0.3) is 5.91 Å². The summed E-state index contributed by atoms with van der Waals surface area (Å²) in [5, 5.41) is 2.92. The van der Waals surface area contributed by atoms with Gasteiger partial charge in [-0.15, -0.1) is 0 Å². The van der Waals surface area contributed by atoms with Crippen molar-refractivity contribution in [1.82, 2.24) is 9.88 Å². The standard InChI is InChI=1S/C18H21N3O3/c1-21-7-6-14-12(11-21)9-19-10-15(14)18(22)20-16-8-13(23-2)4-5-17(16)24-3/h4-5,8-10H,6-7,11H2,1-3H3,(H,20,22). The van der Waals surface area contributed by atoms with Gasteiger partial charge in [-0.3, -0.25) is 9.78 Å². The largest absolute Gasteiger partial charge is 0.497 e. The molecule has 0 radical (unpaired) electrons. The predicted molar refractivity (Wildman–Crippen MR) is 91.8 cm³/mol. The molecule has 0 saturated carbocycles. The Hall–Kier alpha value is -2.60. The van der Waals surface area contributed by atoms with E-state index in [1.54, 1.807) is 38.6 Å². The number of carbonyl (C=O) groups excluding carboxylic acids is 1. The van der Waals surface area contributed by atoms with Gasteiger partial charge in [0.1, 0.15) is 11.5 Å². The van der Waals surface area contributed by atoms with Crippen LogP contribution < -0.4 is 14.8 Å². The third kappa shape index (κ3) is 3.19. The van der Waals surface area contributed by atoms with E-state index in [1.165, 1.54) is 0 Å². The number of methoxy groups -OCH3 is 2. The van der Waals surface area contributed by atoms with Crippen LogP contribution in [-0.2, 0) is 13.0 Å². The summed E-state index contributed by atoms with van der Waals surface area (Å²) in [6.45, 7) is 1.74. The van der Waals surface area contributed by atoms with Crippen molar-refractivity contribution in [2.75, 3.05) is 33.1 Å². The van der Waals surface area contributed by atoms with Crippen LogP contribution in [0, 0.1) is 0 Å². The van der Waals surface area contributed by atoms with E-state index in [1.807, 2.05) is 6.20 Å². The summed E-state index contributed by atoms with van der Waals surface area (Å²) in [6.07, 6.45) is 4.31. The highest BCUT2D eigenvalue weighted by molar-refractivity contribution is 6.06. The minimum atomic E-state index is -0.185. The van der Waals surface area contributed by atoms with Crippen molar-refractivity contribution in [2.24, 2.45) is 0 Å². The second-order valence-corrected chi connectivity index (χ2v) is 5.83. The third-order valence-electron chi connectivity index (χ3n) is 4.23. The Balaban J connectivity index is 1.90. The minimum absolute atomic E-state index is 0.185. The van der Waals surface area contributed by atoms with Gasteiger partial charge in [0, 0.05) is 31.5 Å². The van der Waals surface area contributed by atoms with Crippen molar-refractivity contribution in [1.29, 1.82) is 0 Å². The van der Waals surface area contributed by atoms with Crippen LogP contribution in [-0.4, -0.2) is 43.6 Å². The molecule has 1 aliphatic heterocycles. The van der Waals surface area contributed by atoms with Crippen LogP contribution in [0.2, 0.25) is 0 Å². The van der Waals surface area contributed by atoms with E-state index < -0.39 is 0 Å². The highest BCUT2D eigenvalue weighted by Gasteiger charge is 2.21. The lowest BCUT2D eigenvalue weighted by molar-refractivity contribution is 0.102. The van der Waals surface area contributed by atoms with Gasteiger partial charge in [-0.1, -0.05) is 0 Å². The molecule has 2 heterocycles. The molecule has 0 saturated heterocycles. The molecular formula is C18H21N3O3. The molecule has 1 N–H and O–H groups in total. The molecule has 126 valence electrons. The van der Waals surface area contributed by atoms with Crippen LogP contribution in [0.1, 0.15) is 21.5 Å². The Morgan fingerprint density at radius 2 is 2.08 bits per heavy atom. The van der Waals surface area contributed by atoms with E-state index in [0.29, 0.717) is 22.7 Å². The molecule has 0 spiro atoms. The van der Waals surface area contributed by atoms with Gasteiger partial charge < -0.3 is 19.7 Å². The quantitative estimate of drug-likeness (QED) is 0.934. The fraction of sp³-hybridized carbons (Fsp3) is 0.333. The minimum Gasteiger partial charge on any atom is -0.497 e. The summed E-state index contributed by atoms with van der Waals surface area (Å²) in [5.41, 5.74) is 3.37. The normalized spacial score (nSPS) is 14.0.